The number of aliphatic carboxylic acids is 1. The van der Waals surface area contributed by atoms with Crippen LogP contribution in [0, 0.1) is 6.92 Å². The summed E-state index contributed by atoms with van der Waals surface area (Å²) in [7, 11) is 1.64. The normalized spacial score (nSPS) is 11.9. The molecule has 0 aliphatic rings. The minimum atomic E-state index is -1.00. The summed E-state index contributed by atoms with van der Waals surface area (Å²) < 4.78 is 0. The second kappa shape index (κ2) is 8.11. The lowest BCUT2D eigenvalue weighted by Crippen LogP contribution is -2.46. The Balaban J connectivity index is 2.55. The Kier molecular flexibility index (Phi) is 6.80. The maximum absolute atomic E-state index is 12.0. The van der Waals surface area contributed by atoms with Crippen molar-refractivity contribution in [2.45, 2.75) is 25.9 Å². The van der Waals surface area contributed by atoms with Crippen LogP contribution in [0.1, 0.15) is 17.0 Å². The van der Waals surface area contributed by atoms with Crippen molar-refractivity contribution < 1.29 is 14.7 Å². The van der Waals surface area contributed by atoms with Gasteiger partial charge in [0.05, 0.1) is 17.7 Å². The molecule has 0 aromatic carbocycles. The van der Waals surface area contributed by atoms with E-state index in [1.807, 2.05) is 13.2 Å². The van der Waals surface area contributed by atoms with Crippen molar-refractivity contribution in [3.8, 4) is 0 Å². The van der Waals surface area contributed by atoms with Gasteiger partial charge >= 0.3 is 12.0 Å². The molecule has 2 N–H and O–H groups in total. The van der Waals surface area contributed by atoms with E-state index in [1.54, 1.807) is 24.3 Å². The fourth-order valence-corrected chi connectivity index (χ4v) is 2.82. The lowest BCUT2D eigenvalue weighted by molar-refractivity contribution is -0.139. The number of hydrogen-bond donors (Lipinski definition) is 2. The van der Waals surface area contributed by atoms with Gasteiger partial charge in [-0.3, -0.25) is 0 Å². The number of urea groups is 1. The van der Waals surface area contributed by atoms with E-state index in [-0.39, 0.29) is 6.03 Å². The van der Waals surface area contributed by atoms with Gasteiger partial charge in [0.25, 0.3) is 0 Å². The average molecular weight is 317 g/mol. The lowest BCUT2D eigenvalue weighted by atomic mass is 10.2. The van der Waals surface area contributed by atoms with Gasteiger partial charge in [-0.2, -0.15) is 11.8 Å². The zero-order valence-electron chi connectivity index (χ0n) is 11.8. The van der Waals surface area contributed by atoms with Crippen molar-refractivity contribution in [1.82, 2.24) is 15.2 Å². The zero-order valence-corrected chi connectivity index (χ0v) is 13.4. The molecule has 0 radical (unpaired) electrons. The minimum absolute atomic E-state index is 0.383. The molecule has 0 aliphatic carbocycles. The highest BCUT2D eigenvalue weighted by atomic mass is 32.2. The molecule has 0 spiro atoms. The van der Waals surface area contributed by atoms with Crippen LogP contribution in [0.4, 0.5) is 4.79 Å². The number of amides is 2. The SMILES string of the molecule is CSCCC(NC(=O)N(C)Cc1scnc1C)C(=O)O. The van der Waals surface area contributed by atoms with E-state index in [4.69, 9.17) is 5.11 Å². The van der Waals surface area contributed by atoms with Gasteiger partial charge in [0.2, 0.25) is 0 Å². The summed E-state index contributed by atoms with van der Waals surface area (Å²) in [4.78, 5) is 29.7. The number of carboxylic acids is 1. The van der Waals surface area contributed by atoms with E-state index in [9.17, 15) is 9.59 Å². The van der Waals surface area contributed by atoms with E-state index in [2.05, 4.69) is 10.3 Å². The molecule has 0 fully saturated rings. The molecule has 1 unspecified atom stereocenters. The Labute approximate surface area is 126 Å². The van der Waals surface area contributed by atoms with Gasteiger partial charge in [-0.1, -0.05) is 0 Å². The van der Waals surface area contributed by atoms with Gasteiger partial charge < -0.3 is 15.3 Å². The number of carbonyl (C=O) groups excluding carboxylic acids is 1. The Morgan fingerprint density at radius 3 is 2.80 bits per heavy atom. The third kappa shape index (κ3) is 5.01. The summed E-state index contributed by atoms with van der Waals surface area (Å²) in [6, 6.07) is -1.23. The van der Waals surface area contributed by atoms with Gasteiger partial charge in [0.1, 0.15) is 6.04 Å². The first kappa shape index (κ1) is 16.8. The van der Waals surface area contributed by atoms with Crippen molar-refractivity contribution in [1.29, 1.82) is 0 Å². The minimum Gasteiger partial charge on any atom is -0.480 e. The predicted molar refractivity (Wildman–Crippen MR) is 81.3 cm³/mol. The summed E-state index contributed by atoms with van der Waals surface area (Å²) >= 11 is 3.04. The van der Waals surface area contributed by atoms with E-state index in [0.717, 1.165) is 10.6 Å². The van der Waals surface area contributed by atoms with Gasteiger partial charge in [0, 0.05) is 11.9 Å². The van der Waals surface area contributed by atoms with Crippen LogP contribution >= 0.6 is 23.1 Å². The maximum Gasteiger partial charge on any atom is 0.326 e. The van der Waals surface area contributed by atoms with Crippen molar-refractivity contribution in [2.24, 2.45) is 0 Å². The van der Waals surface area contributed by atoms with Crippen LogP contribution in [-0.4, -0.2) is 52.1 Å². The fraction of sp³-hybridized carbons (Fsp3) is 0.583. The standard InChI is InChI=1S/C12H19N3O3S2/c1-8-10(20-7-13-8)6-15(2)12(18)14-9(11(16)17)4-5-19-3/h7,9H,4-6H2,1-3H3,(H,14,18)(H,16,17). The highest BCUT2D eigenvalue weighted by molar-refractivity contribution is 7.98. The molecule has 8 heteroatoms. The summed E-state index contributed by atoms with van der Waals surface area (Å²) in [5.41, 5.74) is 2.63. The van der Waals surface area contributed by atoms with Crippen LogP contribution in [0.15, 0.2) is 5.51 Å². The fourth-order valence-electron chi connectivity index (χ4n) is 1.52. The third-order valence-corrected chi connectivity index (χ3v) is 4.34. The van der Waals surface area contributed by atoms with Crippen molar-refractivity contribution >= 4 is 35.1 Å². The van der Waals surface area contributed by atoms with Gasteiger partial charge in [0.15, 0.2) is 0 Å². The number of aromatic nitrogens is 1. The summed E-state index contributed by atoms with van der Waals surface area (Å²) in [5.74, 6) is -0.315. The molecular formula is C12H19N3O3S2. The number of thioether (sulfide) groups is 1. The molecule has 2 amide bonds. The van der Waals surface area contributed by atoms with E-state index >= 15 is 0 Å². The summed E-state index contributed by atoms with van der Waals surface area (Å²) in [6.45, 7) is 2.31. The average Bonchev–Trinajstić information content (AvgIpc) is 2.79. The number of nitrogens with one attached hydrogen (secondary N) is 1. The largest absolute Gasteiger partial charge is 0.480 e. The number of rotatable bonds is 7. The first-order chi connectivity index (χ1) is 9.45. The molecule has 20 heavy (non-hydrogen) atoms. The topological polar surface area (TPSA) is 82.5 Å². The van der Waals surface area contributed by atoms with Crippen LogP contribution in [0.3, 0.4) is 0 Å². The molecule has 1 heterocycles. The van der Waals surface area contributed by atoms with Gasteiger partial charge in [-0.25, -0.2) is 14.6 Å². The highest BCUT2D eigenvalue weighted by Gasteiger charge is 2.21. The molecule has 1 atom stereocenters. The van der Waals surface area contributed by atoms with Crippen LogP contribution in [-0.2, 0) is 11.3 Å². The quantitative estimate of drug-likeness (QED) is 0.801. The van der Waals surface area contributed by atoms with Crippen molar-refractivity contribution in [3.05, 3.63) is 16.1 Å². The Morgan fingerprint density at radius 1 is 1.60 bits per heavy atom. The van der Waals surface area contributed by atoms with Gasteiger partial charge in [-0.05, 0) is 25.4 Å². The first-order valence-corrected chi connectivity index (χ1v) is 8.35. The van der Waals surface area contributed by atoms with Crippen LogP contribution in [0.25, 0.3) is 0 Å². The molecule has 112 valence electrons. The maximum atomic E-state index is 12.0. The van der Waals surface area contributed by atoms with Crippen molar-refractivity contribution in [2.75, 3.05) is 19.1 Å². The number of hydrogen-bond acceptors (Lipinski definition) is 5. The van der Waals surface area contributed by atoms with E-state index < -0.39 is 12.0 Å². The second-order valence-corrected chi connectivity index (χ2v) is 6.26. The zero-order chi connectivity index (χ0) is 15.1. The molecule has 0 saturated carbocycles. The summed E-state index contributed by atoms with van der Waals surface area (Å²) in [5, 5.41) is 11.6. The number of carboxylic acid groups (broad SMARTS) is 1. The smallest absolute Gasteiger partial charge is 0.326 e. The number of aryl methyl sites for hydroxylation is 1. The molecular weight excluding hydrogens is 298 g/mol. The van der Waals surface area contributed by atoms with E-state index in [0.29, 0.717) is 18.7 Å². The monoisotopic (exact) mass is 317 g/mol. The highest BCUT2D eigenvalue weighted by Crippen LogP contribution is 2.14. The van der Waals surface area contributed by atoms with Crippen LogP contribution < -0.4 is 5.32 Å². The van der Waals surface area contributed by atoms with E-state index in [1.165, 1.54) is 16.2 Å². The number of nitrogens with zero attached hydrogens (tertiary/aromatic N) is 2. The Bertz CT molecular complexity index is 465. The Hall–Kier alpha value is -1.28. The molecule has 6 nitrogen and oxygen atoms in total. The third-order valence-electron chi connectivity index (χ3n) is 2.78. The summed E-state index contributed by atoms with van der Waals surface area (Å²) in [6.07, 6.45) is 2.31. The molecule has 0 saturated heterocycles. The van der Waals surface area contributed by atoms with Crippen LogP contribution in [0.2, 0.25) is 0 Å². The predicted octanol–water partition coefficient (Wildman–Crippen LogP) is 1.80. The molecule has 1 aromatic rings. The second-order valence-electron chi connectivity index (χ2n) is 4.34. The molecule has 1 aromatic heterocycles. The molecule has 1 rings (SSSR count). The molecule has 0 aliphatic heterocycles. The molecule has 0 bridgehead atoms. The number of thiazole rings is 1. The van der Waals surface area contributed by atoms with Gasteiger partial charge in [-0.15, -0.1) is 11.3 Å². The Morgan fingerprint density at radius 2 is 2.30 bits per heavy atom. The number of carbonyl (C=O) groups is 2. The first-order valence-electron chi connectivity index (χ1n) is 6.08. The lowest BCUT2D eigenvalue weighted by Gasteiger charge is -2.21. The van der Waals surface area contributed by atoms with Crippen molar-refractivity contribution in [3.63, 3.8) is 0 Å². The van der Waals surface area contributed by atoms with Crippen LogP contribution in [0.5, 0.6) is 0 Å².